The number of hydrogen-bond donors (Lipinski definition) is 0. The predicted molar refractivity (Wildman–Crippen MR) is 77.2 cm³/mol. The van der Waals surface area contributed by atoms with E-state index in [1.807, 2.05) is 11.1 Å². The molecule has 1 aliphatic carbocycles. The van der Waals surface area contributed by atoms with E-state index in [0.29, 0.717) is 5.41 Å². The minimum Gasteiger partial charge on any atom is -0.350 e. The van der Waals surface area contributed by atoms with E-state index in [-0.39, 0.29) is 0 Å². The number of amides is 1. The van der Waals surface area contributed by atoms with Gasteiger partial charge in [-0.15, -0.1) is 0 Å². The van der Waals surface area contributed by atoms with Crippen molar-refractivity contribution in [2.24, 2.45) is 18.4 Å². The molecule has 0 atom stereocenters. The molecule has 104 valence electrons. The van der Waals surface area contributed by atoms with Crippen LogP contribution in [0.5, 0.6) is 0 Å². The number of aromatic nitrogens is 2. The molecule has 2 aromatic heterocycles. The zero-order valence-electron chi connectivity index (χ0n) is 11.7. The maximum Gasteiger partial charge on any atom is 0.209 e. The highest BCUT2D eigenvalue weighted by Crippen LogP contribution is 2.52. The molecule has 4 heteroatoms. The first kappa shape index (κ1) is 11.9. The summed E-state index contributed by atoms with van der Waals surface area (Å²) in [4.78, 5) is 17.1. The quantitative estimate of drug-likeness (QED) is 0.799. The number of likely N-dealkylation sites (tertiary alicyclic amines) is 1. The van der Waals surface area contributed by atoms with Crippen LogP contribution in [0.2, 0.25) is 0 Å². The molecule has 4 nitrogen and oxygen atoms in total. The minimum absolute atomic E-state index is 0.459. The Morgan fingerprint density at radius 1 is 1.45 bits per heavy atom. The van der Waals surface area contributed by atoms with Crippen LogP contribution in [0.25, 0.3) is 10.9 Å². The van der Waals surface area contributed by atoms with E-state index in [0.717, 1.165) is 31.8 Å². The zero-order chi connectivity index (χ0) is 13.7. The van der Waals surface area contributed by atoms with Crippen molar-refractivity contribution in [3.63, 3.8) is 0 Å². The van der Waals surface area contributed by atoms with Crippen LogP contribution in [0.4, 0.5) is 0 Å². The van der Waals surface area contributed by atoms with Crippen molar-refractivity contribution in [2.45, 2.75) is 19.3 Å². The molecule has 3 heterocycles. The van der Waals surface area contributed by atoms with Crippen LogP contribution in [0.15, 0.2) is 24.5 Å². The first-order valence-electron chi connectivity index (χ1n) is 7.27. The average molecular weight is 269 g/mol. The Kier molecular flexibility index (Phi) is 2.43. The number of nitrogens with zero attached hydrogens (tertiary/aromatic N) is 3. The van der Waals surface area contributed by atoms with E-state index in [2.05, 4.69) is 34.9 Å². The van der Waals surface area contributed by atoms with Gasteiger partial charge >= 0.3 is 0 Å². The first-order valence-corrected chi connectivity index (χ1v) is 7.27. The van der Waals surface area contributed by atoms with Gasteiger partial charge in [0.1, 0.15) is 0 Å². The average Bonchev–Trinajstić information content (AvgIpc) is 2.72. The van der Waals surface area contributed by atoms with Crippen molar-refractivity contribution in [1.82, 2.24) is 14.5 Å². The maximum absolute atomic E-state index is 10.6. The predicted octanol–water partition coefficient (Wildman–Crippen LogP) is 1.98. The van der Waals surface area contributed by atoms with Gasteiger partial charge < -0.3 is 9.47 Å². The molecular formula is C16H19N3O. The van der Waals surface area contributed by atoms with E-state index < -0.39 is 0 Å². The third-order valence-electron chi connectivity index (χ3n) is 4.99. The van der Waals surface area contributed by atoms with Crippen LogP contribution in [-0.4, -0.2) is 34.0 Å². The number of fused-ring (bicyclic) bond motifs is 1. The van der Waals surface area contributed by atoms with Gasteiger partial charge in [-0.2, -0.15) is 0 Å². The largest absolute Gasteiger partial charge is 0.350 e. The summed E-state index contributed by atoms with van der Waals surface area (Å²) in [6, 6.07) is 4.33. The smallest absolute Gasteiger partial charge is 0.209 e. The van der Waals surface area contributed by atoms with Crippen molar-refractivity contribution < 1.29 is 4.79 Å². The van der Waals surface area contributed by atoms with E-state index >= 15 is 0 Å². The van der Waals surface area contributed by atoms with Crippen molar-refractivity contribution in [2.75, 3.05) is 13.1 Å². The Hall–Kier alpha value is -1.84. The van der Waals surface area contributed by atoms with Gasteiger partial charge in [0, 0.05) is 49.0 Å². The number of carbonyl (C=O) groups is 1. The van der Waals surface area contributed by atoms with Crippen molar-refractivity contribution in [1.29, 1.82) is 0 Å². The van der Waals surface area contributed by atoms with Crippen LogP contribution in [0.3, 0.4) is 0 Å². The van der Waals surface area contributed by atoms with E-state index in [1.54, 1.807) is 0 Å². The van der Waals surface area contributed by atoms with Gasteiger partial charge in [0.15, 0.2) is 0 Å². The second kappa shape index (κ2) is 4.08. The third kappa shape index (κ3) is 1.74. The Bertz CT molecular complexity index is 661. The molecule has 1 saturated heterocycles. The molecule has 1 amide bonds. The fourth-order valence-corrected chi connectivity index (χ4v) is 4.07. The Morgan fingerprint density at radius 2 is 2.25 bits per heavy atom. The van der Waals surface area contributed by atoms with Crippen LogP contribution < -0.4 is 0 Å². The molecule has 2 fully saturated rings. The van der Waals surface area contributed by atoms with Crippen LogP contribution in [0.1, 0.15) is 18.5 Å². The fraction of sp³-hybridized carbons (Fsp3) is 0.500. The number of carbonyl (C=O) groups excluding carboxylic acids is 1. The van der Waals surface area contributed by atoms with Crippen LogP contribution in [-0.2, 0) is 18.3 Å². The topological polar surface area (TPSA) is 38.1 Å². The SMILES string of the molecule is Cn1ccc2cnc(CC3CC4(C3)CN(C=O)C4)cc21. The van der Waals surface area contributed by atoms with Gasteiger partial charge in [-0.1, -0.05) is 0 Å². The summed E-state index contributed by atoms with van der Waals surface area (Å²) in [5.74, 6) is 0.744. The molecule has 2 aliphatic rings. The fourth-order valence-electron chi connectivity index (χ4n) is 4.07. The summed E-state index contributed by atoms with van der Waals surface area (Å²) in [6.45, 7) is 1.94. The van der Waals surface area contributed by atoms with E-state index in [1.165, 1.54) is 29.4 Å². The van der Waals surface area contributed by atoms with Crippen molar-refractivity contribution >= 4 is 17.3 Å². The van der Waals surface area contributed by atoms with Gasteiger partial charge in [0.2, 0.25) is 6.41 Å². The van der Waals surface area contributed by atoms with E-state index in [9.17, 15) is 4.79 Å². The van der Waals surface area contributed by atoms with Crippen molar-refractivity contribution in [3.05, 3.63) is 30.2 Å². The molecule has 1 saturated carbocycles. The van der Waals surface area contributed by atoms with E-state index in [4.69, 9.17) is 0 Å². The Morgan fingerprint density at radius 3 is 3.00 bits per heavy atom. The van der Waals surface area contributed by atoms with Crippen molar-refractivity contribution in [3.8, 4) is 0 Å². The van der Waals surface area contributed by atoms with Gasteiger partial charge in [-0.25, -0.2) is 0 Å². The lowest BCUT2D eigenvalue weighted by Crippen LogP contribution is -2.61. The molecule has 0 N–H and O–H groups in total. The Labute approximate surface area is 118 Å². The highest BCUT2D eigenvalue weighted by molar-refractivity contribution is 5.79. The highest BCUT2D eigenvalue weighted by Gasteiger charge is 2.51. The number of hydrogen-bond acceptors (Lipinski definition) is 2. The minimum atomic E-state index is 0.459. The molecule has 4 rings (SSSR count). The standard InChI is InChI=1S/C16H19N3O/c1-18-3-2-13-8-17-14(5-15(13)18)4-12-6-16(7-12)9-19(10-16)11-20/h2-3,5,8,11-12H,4,6-7,9-10H2,1H3. The summed E-state index contributed by atoms with van der Waals surface area (Å²) in [7, 11) is 2.08. The molecule has 2 aromatic rings. The summed E-state index contributed by atoms with van der Waals surface area (Å²) in [6.07, 6.45) is 8.62. The Balaban J connectivity index is 1.42. The summed E-state index contributed by atoms with van der Waals surface area (Å²) in [5, 5.41) is 1.21. The second-order valence-electron chi connectivity index (χ2n) is 6.65. The molecule has 20 heavy (non-hydrogen) atoms. The lowest BCUT2D eigenvalue weighted by Gasteiger charge is -2.58. The molecule has 1 spiro atoms. The zero-order valence-corrected chi connectivity index (χ0v) is 11.7. The molecule has 0 radical (unpaired) electrons. The molecule has 1 aliphatic heterocycles. The van der Waals surface area contributed by atoms with Gasteiger partial charge in [0.25, 0.3) is 0 Å². The summed E-state index contributed by atoms with van der Waals surface area (Å²) < 4.78 is 2.15. The number of rotatable bonds is 3. The molecule has 0 aromatic carbocycles. The lowest BCUT2D eigenvalue weighted by molar-refractivity contribution is -0.141. The summed E-state index contributed by atoms with van der Waals surface area (Å²) >= 11 is 0. The second-order valence-corrected chi connectivity index (χ2v) is 6.65. The molecule has 0 unspecified atom stereocenters. The number of pyridine rings is 1. The maximum atomic E-state index is 10.6. The third-order valence-corrected chi connectivity index (χ3v) is 4.99. The molecular weight excluding hydrogens is 250 g/mol. The first-order chi connectivity index (χ1) is 9.67. The monoisotopic (exact) mass is 269 g/mol. The molecule has 0 bridgehead atoms. The van der Waals surface area contributed by atoms with Gasteiger partial charge in [-0.3, -0.25) is 9.78 Å². The van der Waals surface area contributed by atoms with Crippen LogP contribution in [0, 0.1) is 11.3 Å². The van der Waals surface area contributed by atoms with Gasteiger partial charge in [0.05, 0.1) is 5.52 Å². The normalized spacial score (nSPS) is 20.9. The highest BCUT2D eigenvalue weighted by atomic mass is 16.1. The van der Waals surface area contributed by atoms with Gasteiger partial charge in [-0.05, 0) is 37.3 Å². The lowest BCUT2D eigenvalue weighted by atomic mass is 9.57. The summed E-state index contributed by atoms with van der Waals surface area (Å²) in [5.41, 5.74) is 2.92. The van der Waals surface area contributed by atoms with Crippen LogP contribution >= 0.6 is 0 Å². The number of aryl methyl sites for hydroxylation is 1.